The largest absolute Gasteiger partial charge is 0.394 e. The molecule has 0 saturated carbocycles. The number of aliphatic hydroxyl groups excluding tert-OH is 3. The van der Waals surface area contributed by atoms with Gasteiger partial charge in [-0.05, 0) is 6.92 Å². The second-order valence-electron chi connectivity index (χ2n) is 1.37. The summed E-state index contributed by atoms with van der Waals surface area (Å²) in [7, 11) is 0. The second-order valence-corrected chi connectivity index (χ2v) is 1.37. The van der Waals surface area contributed by atoms with Crippen LogP contribution in [0.5, 0.6) is 0 Å². The van der Waals surface area contributed by atoms with Gasteiger partial charge in [0.1, 0.15) is 0 Å². The molecule has 0 aliphatic rings. The summed E-state index contributed by atoms with van der Waals surface area (Å²) in [6.45, 7) is 2.94. The topological polar surface area (TPSA) is 69.9 Å². The van der Waals surface area contributed by atoms with Crippen LogP contribution in [0.25, 0.3) is 0 Å². The summed E-state index contributed by atoms with van der Waals surface area (Å²) in [6, 6.07) is 0. The van der Waals surface area contributed by atoms with Gasteiger partial charge < -0.3 is 20.1 Å². The van der Waals surface area contributed by atoms with E-state index in [-0.39, 0.29) is 47.1 Å². The van der Waals surface area contributed by atoms with Crippen LogP contribution in [0.1, 0.15) is 6.92 Å². The summed E-state index contributed by atoms with van der Waals surface area (Å²) >= 11 is 0. The van der Waals surface area contributed by atoms with Crippen molar-refractivity contribution in [3.05, 3.63) is 0 Å². The zero-order chi connectivity index (χ0) is 8.24. The summed E-state index contributed by atoms with van der Waals surface area (Å²) in [5, 5.41) is 23.3. The molecule has 4 nitrogen and oxygen atoms in total. The molecule has 68 valence electrons. The van der Waals surface area contributed by atoms with Crippen LogP contribution in [0.3, 0.4) is 0 Å². The third-order valence-electron chi connectivity index (χ3n) is 0.540. The Balaban J connectivity index is -0.000000114. The van der Waals surface area contributed by atoms with E-state index in [1.807, 2.05) is 6.92 Å². The van der Waals surface area contributed by atoms with Crippen LogP contribution in [0.2, 0.25) is 0 Å². The van der Waals surface area contributed by atoms with E-state index in [4.69, 9.17) is 20.1 Å². The van der Waals surface area contributed by atoms with Gasteiger partial charge in [-0.15, -0.1) is 0 Å². The first kappa shape index (κ1) is 17.7. The van der Waals surface area contributed by atoms with E-state index >= 15 is 0 Å². The van der Waals surface area contributed by atoms with E-state index in [0.29, 0.717) is 13.2 Å². The van der Waals surface area contributed by atoms with E-state index in [2.05, 4.69) is 0 Å². The molecule has 0 unspecified atom stereocenters. The van der Waals surface area contributed by atoms with Gasteiger partial charge in [0.2, 0.25) is 0 Å². The average Bonchev–Trinajstić information content (AvgIpc) is 2.01. The van der Waals surface area contributed by atoms with Crippen molar-refractivity contribution in [2.75, 3.05) is 33.0 Å². The molecule has 0 bridgehead atoms. The van der Waals surface area contributed by atoms with E-state index in [9.17, 15) is 0 Å². The molecule has 11 heavy (non-hydrogen) atoms. The molecule has 0 fully saturated rings. The van der Waals surface area contributed by atoms with Gasteiger partial charge in [-0.3, -0.25) is 0 Å². The fourth-order valence-corrected chi connectivity index (χ4v) is 0.209. The van der Waals surface area contributed by atoms with Crippen molar-refractivity contribution in [1.82, 2.24) is 0 Å². The van der Waals surface area contributed by atoms with Gasteiger partial charge in [0.05, 0.1) is 26.4 Å². The molecule has 5 heteroatoms. The zero-order valence-electron chi connectivity index (χ0n) is 6.79. The number of hydrogen-bond acceptors (Lipinski definition) is 4. The van der Waals surface area contributed by atoms with Crippen LogP contribution in [-0.4, -0.2) is 75.7 Å². The Morgan fingerprint density at radius 2 is 1.45 bits per heavy atom. The van der Waals surface area contributed by atoms with Crippen LogP contribution in [0.4, 0.5) is 0 Å². The van der Waals surface area contributed by atoms with Gasteiger partial charge in [0.25, 0.3) is 0 Å². The van der Waals surface area contributed by atoms with E-state index in [1.54, 1.807) is 0 Å². The molecule has 0 aromatic rings. The van der Waals surface area contributed by atoms with Crippen molar-refractivity contribution >= 4 is 27.3 Å². The van der Waals surface area contributed by atoms with Crippen molar-refractivity contribution < 1.29 is 20.1 Å². The second kappa shape index (κ2) is 22.4. The summed E-state index contributed by atoms with van der Waals surface area (Å²) in [4.78, 5) is 0. The van der Waals surface area contributed by atoms with Gasteiger partial charge in [-0.25, -0.2) is 0 Å². The van der Waals surface area contributed by atoms with Crippen molar-refractivity contribution in [2.24, 2.45) is 0 Å². The van der Waals surface area contributed by atoms with Crippen LogP contribution in [0, 0.1) is 0 Å². The summed E-state index contributed by atoms with van der Waals surface area (Å²) in [5.74, 6) is 0. The van der Waals surface area contributed by atoms with Crippen molar-refractivity contribution in [3.8, 4) is 0 Å². The minimum Gasteiger partial charge on any atom is -0.394 e. The third-order valence-corrected chi connectivity index (χ3v) is 0.540. The molecule has 0 aliphatic carbocycles. The molecule has 0 amide bonds. The predicted octanol–water partition coefficient (Wildman–Crippen LogP) is -1.39. The van der Waals surface area contributed by atoms with Crippen LogP contribution < -0.4 is 0 Å². The first-order valence-electron chi connectivity index (χ1n) is 3.23. The molecule has 0 rings (SSSR count). The van der Waals surface area contributed by atoms with Crippen molar-refractivity contribution in [1.29, 1.82) is 0 Å². The molecule has 3 N–H and O–H groups in total. The fraction of sp³-hybridized carbons (Fsp3) is 1.00. The van der Waals surface area contributed by atoms with E-state index in [0.717, 1.165) is 0 Å². The molecule has 0 saturated heterocycles. The monoisotopic (exact) mass is 360 g/mol. The number of hydrogen-bond donors (Lipinski definition) is 3. The van der Waals surface area contributed by atoms with E-state index < -0.39 is 0 Å². The third kappa shape index (κ3) is 36.4. The Labute approximate surface area is 87.3 Å². The maximum Gasteiger partial charge on any atom is 0.0697 e. The van der Waals surface area contributed by atoms with Crippen LogP contribution in [0.15, 0.2) is 0 Å². The zero-order valence-corrected chi connectivity index (χ0v) is 10.7. The Kier molecular flexibility index (Phi) is 36.2. The molecule has 0 atom stereocenters. The smallest absolute Gasteiger partial charge is 0.0697 e. The van der Waals surface area contributed by atoms with Crippen LogP contribution in [-0.2, 0) is 4.74 Å². The minimum absolute atomic E-state index is 0. The quantitative estimate of drug-likeness (QED) is 0.427. The first-order valence-corrected chi connectivity index (χ1v) is 3.23. The standard InChI is InChI=1S/C4H10O2.C2H6O2.Pb/c1-2-6-4-3-5;3-1-2-4;/h5H,2-4H2,1H3;3-4H,1-2H2;. The molecule has 0 heterocycles. The molecule has 0 aromatic heterocycles. The molecule has 0 aromatic carbocycles. The van der Waals surface area contributed by atoms with Crippen LogP contribution >= 0.6 is 0 Å². The SMILES string of the molecule is CCOCCO.OCCO.[Pb]. The van der Waals surface area contributed by atoms with Gasteiger partial charge in [-0.1, -0.05) is 0 Å². The fourth-order valence-electron chi connectivity index (χ4n) is 0.209. The van der Waals surface area contributed by atoms with E-state index in [1.165, 1.54) is 0 Å². The average molecular weight is 359 g/mol. The maximum atomic E-state index is 8.07. The summed E-state index contributed by atoms with van der Waals surface area (Å²) in [6.07, 6.45) is 0. The van der Waals surface area contributed by atoms with Gasteiger partial charge in [0.15, 0.2) is 0 Å². The Bertz CT molecular complexity index is 39.6. The first-order chi connectivity index (χ1) is 4.83. The molecular formula is C6H16O4Pb. The Morgan fingerprint density at radius 3 is 1.55 bits per heavy atom. The summed E-state index contributed by atoms with van der Waals surface area (Å²) in [5.41, 5.74) is 0. The molecule has 0 aliphatic heterocycles. The maximum absolute atomic E-state index is 8.07. The molecule has 0 spiro atoms. The number of ether oxygens (including phenoxy) is 1. The predicted molar refractivity (Wildman–Crippen MR) is 43.5 cm³/mol. The molecule has 4 radical (unpaired) electrons. The number of rotatable bonds is 4. The Hall–Kier alpha value is 0.762. The van der Waals surface area contributed by atoms with Gasteiger partial charge >= 0.3 is 0 Å². The van der Waals surface area contributed by atoms with Crippen molar-refractivity contribution in [3.63, 3.8) is 0 Å². The minimum atomic E-state index is -0.125. The van der Waals surface area contributed by atoms with Gasteiger partial charge in [-0.2, -0.15) is 0 Å². The number of aliphatic hydroxyl groups is 3. The normalized spacial score (nSPS) is 7.64. The Morgan fingerprint density at radius 1 is 1.00 bits per heavy atom. The van der Waals surface area contributed by atoms with Crippen molar-refractivity contribution in [2.45, 2.75) is 6.92 Å². The van der Waals surface area contributed by atoms with Gasteiger partial charge in [0, 0.05) is 33.9 Å². The molecular weight excluding hydrogens is 343 g/mol. The summed E-state index contributed by atoms with van der Waals surface area (Å²) < 4.78 is 4.73.